The number of carbonyl (C=O) groups is 2. The first kappa shape index (κ1) is 24.0. The number of nitrogens with zero attached hydrogens (tertiary/aromatic N) is 4. The van der Waals surface area contributed by atoms with Crippen LogP contribution in [0, 0.1) is 0 Å². The number of fused-ring (bicyclic) bond motifs is 2. The lowest BCUT2D eigenvalue weighted by molar-refractivity contribution is -0.132. The number of ether oxygens (including phenoxy) is 1. The van der Waals surface area contributed by atoms with Crippen molar-refractivity contribution in [2.24, 2.45) is 0 Å². The predicted octanol–water partition coefficient (Wildman–Crippen LogP) is 4.82. The Morgan fingerprint density at radius 1 is 1.08 bits per heavy atom. The van der Waals surface area contributed by atoms with Gasteiger partial charge in [-0.25, -0.2) is 4.98 Å². The van der Waals surface area contributed by atoms with Gasteiger partial charge in [0.05, 0.1) is 34.1 Å². The third kappa shape index (κ3) is 3.86. The van der Waals surface area contributed by atoms with Gasteiger partial charge in [-0.1, -0.05) is 35.6 Å². The van der Waals surface area contributed by atoms with Gasteiger partial charge in [0.25, 0.3) is 5.78 Å². The fraction of sp³-hybridized carbons (Fsp3) is 0.207. The average Bonchev–Trinajstić information content (AvgIpc) is 3.46. The normalized spacial score (nSPS) is 18.6. The molecule has 0 aliphatic carbocycles. The number of rotatable bonds is 4. The Morgan fingerprint density at radius 2 is 1.84 bits per heavy atom. The molecular weight excluding hydrogens is 500 g/mol. The van der Waals surface area contributed by atoms with Gasteiger partial charge < -0.3 is 19.6 Å². The van der Waals surface area contributed by atoms with Crippen LogP contribution >= 0.6 is 11.3 Å². The maximum absolute atomic E-state index is 13.6. The Labute approximate surface area is 224 Å². The Bertz CT molecular complexity index is 1580. The molecule has 1 fully saturated rings. The first-order valence-electron chi connectivity index (χ1n) is 12.3. The molecule has 0 saturated carbocycles. The second-order valence-electron chi connectivity index (χ2n) is 9.57. The summed E-state index contributed by atoms with van der Waals surface area (Å²) in [5.41, 5.74) is 3.71. The van der Waals surface area contributed by atoms with E-state index in [9.17, 15) is 14.7 Å². The zero-order valence-corrected chi connectivity index (χ0v) is 22.0. The molecule has 2 aliphatic rings. The highest BCUT2D eigenvalue weighted by atomic mass is 32.1. The zero-order valence-electron chi connectivity index (χ0n) is 21.2. The third-order valence-electron chi connectivity index (χ3n) is 6.99. The number of hydrogen-bond donors (Lipinski definition) is 1. The Hall–Kier alpha value is -4.37. The number of likely N-dealkylation sites (N-methyl/N-ethyl adjacent to an activating group) is 1. The highest BCUT2D eigenvalue weighted by Crippen LogP contribution is 2.45. The van der Waals surface area contributed by atoms with Crippen molar-refractivity contribution in [3.63, 3.8) is 0 Å². The number of aliphatic hydroxyl groups is 1. The molecule has 1 amide bonds. The molecule has 0 radical (unpaired) electrons. The van der Waals surface area contributed by atoms with Gasteiger partial charge in [-0.2, -0.15) is 0 Å². The molecule has 6 rings (SSSR count). The minimum absolute atomic E-state index is 0.0335. The zero-order chi connectivity index (χ0) is 26.6. The maximum Gasteiger partial charge on any atom is 0.301 e. The van der Waals surface area contributed by atoms with Gasteiger partial charge in [0.1, 0.15) is 18.1 Å². The minimum Gasteiger partial charge on any atom is -0.507 e. The smallest absolute Gasteiger partial charge is 0.301 e. The second-order valence-corrected chi connectivity index (χ2v) is 10.6. The highest BCUT2D eigenvalue weighted by Gasteiger charge is 2.48. The number of Topliss-reactive ketones (excluding diaryl/α,β-unsaturated/α-hetero) is 1. The van der Waals surface area contributed by atoms with Gasteiger partial charge >= 0.3 is 5.91 Å². The fourth-order valence-corrected chi connectivity index (χ4v) is 5.91. The molecule has 1 aromatic heterocycles. The molecule has 9 heteroatoms. The SMILES string of the molecule is CN(C)c1ccc(C2/C(=C(\O)c3ccc4c(c3)N(C)CCO4)C(=O)C(=O)N2c2nc3ccccc3s2)cc1. The predicted molar refractivity (Wildman–Crippen MR) is 150 cm³/mol. The van der Waals surface area contributed by atoms with Crippen molar-refractivity contribution in [2.45, 2.75) is 6.04 Å². The number of amides is 1. The summed E-state index contributed by atoms with van der Waals surface area (Å²) in [6.07, 6.45) is 0. The number of ketones is 1. The maximum atomic E-state index is 13.6. The van der Waals surface area contributed by atoms with E-state index in [1.54, 1.807) is 18.2 Å². The number of aromatic nitrogens is 1. The number of aliphatic hydroxyl groups excluding tert-OH is 1. The van der Waals surface area contributed by atoms with Crippen molar-refractivity contribution in [1.82, 2.24) is 4.98 Å². The fourth-order valence-electron chi connectivity index (χ4n) is 4.92. The number of carbonyl (C=O) groups excluding carboxylic acids is 2. The van der Waals surface area contributed by atoms with Crippen LogP contribution in [0.2, 0.25) is 0 Å². The number of anilines is 3. The van der Waals surface area contributed by atoms with Crippen LogP contribution < -0.4 is 19.4 Å². The summed E-state index contributed by atoms with van der Waals surface area (Å²) < 4.78 is 6.64. The molecular formula is C29H26N4O4S. The Balaban J connectivity index is 1.53. The van der Waals surface area contributed by atoms with Crippen LogP contribution in [0.3, 0.4) is 0 Å². The molecule has 3 heterocycles. The summed E-state index contributed by atoms with van der Waals surface area (Å²) in [5, 5.41) is 12.0. The Kier molecular flexibility index (Phi) is 5.80. The van der Waals surface area contributed by atoms with E-state index in [1.807, 2.05) is 79.5 Å². The van der Waals surface area contributed by atoms with Crippen LogP contribution in [-0.4, -0.2) is 56.1 Å². The molecule has 0 bridgehead atoms. The van der Waals surface area contributed by atoms with E-state index in [-0.39, 0.29) is 11.3 Å². The molecule has 3 aromatic carbocycles. The van der Waals surface area contributed by atoms with Gasteiger partial charge in [-0.15, -0.1) is 0 Å². The van der Waals surface area contributed by atoms with Crippen LogP contribution in [0.1, 0.15) is 17.2 Å². The van der Waals surface area contributed by atoms with Gasteiger partial charge in [0.15, 0.2) is 5.13 Å². The molecule has 1 N–H and O–H groups in total. The van der Waals surface area contributed by atoms with Crippen molar-refractivity contribution in [1.29, 1.82) is 0 Å². The standard InChI is InChI=1S/C29H26N4O4S/c1-31(2)19-11-8-17(9-12-19)25-24(26(34)18-10-13-22-21(16-18)32(3)14-15-37-22)27(35)28(36)33(25)29-30-20-6-4-5-7-23(20)38-29/h4-13,16,25,34H,14-15H2,1-3H3/b26-24+. The topological polar surface area (TPSA) is 86.2 Å². The second kappa shape index (κ2) is 9.18. The van der Waals surface area contributed by atoms with Crippen LogP contribution in [-0.2, 0) is 9.59 Å². The summed E-state index contributed by atoms with van der Waals surface area (Å²) in [4.78, 5) is 37.2. The Morgan fingerprint density at radius 3 is 2.58 bits per heavy atom. The molecule has 4 aromatic rings. The number of benzene rings is 3. The van der Waals surface area contributed by atoms with Gasteiger partial charge in [0.2, 0.25) is 0 Å². The van der Waals surface area contributed by atoms with Crippen molar-refractivity contribution < 1.29 is 19.4 Å². The van der Waals surface area contributed by atoms with Gasteiger partial charge in [-0.05, 0) is 48.0 Å². The van der Waals surface area contributed by atoms with E-state index in [1.165, 1.54) is 16.2 Å². The van der Waals surface area contributed by atoms with Gasteiger partial charge in [-0.3, -0.25) is 14.5 Å². The van der Waals surface area contributed by atoms with Crippen LogP contribution in [0.15, 0.2) is 72.3 Å². The summed E-state index contributed by atoms with van der Waals surface area (Å²) in [6, 6.07) is 19.7. The lowest BCUT2D eigenvalue weighted by atomic mass is 9.95. The summed E-state index contributed by atoms with van der Waals surface area (Å²) >= 11 is 1.34. The van der Waals surface area contributed by atoms with E-state index < -0.39 is 17.7 Å². The molecule has 192 valence electrons. The minimum atomic E-state index is -0.836. The highest BCUT2D eigenvalue weighted by molar-refractivity contribution is 7.22. The summed E-state index contributed by atoms with van der Waals surface area (Å²) in [7, 11) is 5.83. The summed E-state index contributed by atoms with van der Waals surface area (Å²) in [5.74, 6) is -0.979. The number of para-hydroxylation sites is 1. The van der Waals surface area contributed by atoms with E-state index in [0.717, 1.165) is 21.6 Å². The monoisotopic (exact) mass is 526 g/mol. The molecule has 8 nitrogen and oxygen atoms in total. The quantitative estimate of drug-likeness (QED) is 0.232. The molecule has 38 heavy (non-hydrogen) atoms. The van der Waals surface area contributed by atoms with E-state index in [4.69, 9.17) is 4.74 Å². The molecule has 2 aliphatic heterocycles. The lowest BCUT2D eigenvalue weighted by Crippen LogP contribution is -2.29. The number of hydrogen-bond acceptors (Lipinski definition) is 8. The first-order chi connectivity index (χ1) is 18.3. The van der Waals surface area contributed by atoms with Crippen molar-refractivity contribution in [2.75, 3.05) is 49.0 Å². The van der Waals surface area contributed by atoms with Crippen molar-refractivity contribution >= 4 is 55.5 Å². The van der Waals surface area contributed by atoms with E-state index in [2.05, 4.69) is 4.98 Å². The number of thiazole rings is 1. The van der Waals surface area contributed by atoms with Crippen LogP contribution in [0.4, 0.5) is 16.5 Å². The molecule has 1 atom stereocenters. The van der Waals surface area contributed by atoms with Gasteiger partial charge in [0, 0.05) is 32.4 Å². The summed E-state index contributed by atoms with van der Waals surface area (Å²) in [6.45, 7) is 1.28. The molecule has 1 unspecified atom stereocenters. The van der Waals surface area contributed by atoms with Crippen molar-refractivity contribution in [3.8, 4) is 5.75 Å². The largest absolute Gasteiger partial charge is 0.507 e. The molecule has 1 saturated heterocycles. The molecule has 0 spiro atoms. The lowest BCUT2D eigenvalue weighted by Gasteiger charge is -2.28. The van der Waals surface area contributed by atoms with E-state index >= 15 is 0 Å². The van der Waals surface area contributed by atoms with Crippen molar-refractivity contribution in [3.05, 3.63) is 83.4 Å². The van der Waals surface area contributed by atoms with E-state index in [0.29, 0.717) is 35.2 Å². The average molecular weight is 527 g/mol. The van der Waals surface area contributed by atoms with Crippen LogP contribution in [0.5, 0.6) is 5.75 Å². The third-order valence-corrected chi connectivity index (χ3v) is 8.02. The van der Waals surface area contributed by atoms with Crippen LogP contribution in [0.25, 0.3) is 16.0 Å². The first-order valence-corrected chi connectivity index (χ1v) is 13.1.